The summed E-state index contributed by atoms with van der Waals surface area (Å²) in [7, 11) is 0. The highest BCUT2D eigenvalue weighted by atomic mass is 19.4. The molecule has 3 atom stereocenters. The van der Waals surface area contributed by atoms with E-state index < -0.39 is 12.1 Å². The Labute approximate surface area is 196 Å². The highest BCUT2D eigenvalue weighted by Gasteiger charge is 2.47. The zero-order valence-electron chi connectivity index (χ0n) is 19.4. The van der Waals surface area contributed by atoms with Crippen LogP contribution >= 0.6 is 0 Å². The molecule has 0 aromatic heterocycles. The van der Waals surface area contributed by atoms with E-state index in [2.05, 4.69) is 10.6 Å². The predicted molar refractivity (Wildman–Crippen MR) is 119 cm³/mol. The van der Waals surface area contributed by atoms with Gasteiger partial charge in [-0.15, -0.1) is 0 Å². The molecule has 0 spiro atoms. The van der Waals surface area contributed by atoms with Crippen LogP contribution in [0.4, 0.5) is 13.2 Å². The Kier molecular flexibility index (Phi) is 8.68. The van der Waals surface area contributed by atoms with Gasteiger partial charge in [0.2, 0.25) is 11.8 Å². The molecule has 8 nitrogen and oxygen atoms in total. The Morgan fingerprint density at radius 2 is 1.82 bits per heavy atom. The number of rotatable bonds is 7. The molecule has 1 heterocycles. The molecule has 1 aromatic carbocycles. The minimum atomic E-state index is -5.08. The molecule has 4 N–H and O–H groups in total. The number of carboxylic acid groups (broad SMARTS) is 1. The first-order valence-electron chi connectivity index (χ1n) is 11.2. The number of carbonyl (C=O) groups excluding carboxylic acids is 2. The van der Waals surface area contributed by atoms with Crippen LogP contribution in [-0.2, 0) is 14.4 Å². The lowest BCUT2D eigenvalue weighted by atomic mass is 9.87. The Morgan fingerprint density at radius 1 is 1.26 bits per heavy atom. The van der Waals surface area contributed by atoms with Crippen LogP contribution in [0.2, 0.25) is 0 Å². The van der Waals surface area contributed by atoms with Crippen LogP contribution in [0.5, 0.6) is 0 Å². The van der Waals surface area contributed by atoms with Crippen LogP contribution in [0.1, 0.15) is 58.1 Å². The Bertz CT molecular complexity index is 883. The van der Waals surface area contributed by atoms with Gasteiger partial charge in [-0.1, -0.05) is 44.2 Å². The topological polar surface area (TPSA) is 123 Å². The molecule has 2 amide bonds. The third kappa shape index (κ3) is 6.94. The molecule has 188 valence electrons. The summed E-state index contributed by atoms with van der Waals surface area (Å²) < 4.78 is 31.7. The van der Waals surface area contributed by atoms with E-state index >= 15 is 0 Å². The predicted octanol–water partition coefficient (Wildman–Crippen LogP) is 3.45. The van der Waals surface area contributed by atoms with E-state index in [9.17, 15) is 22.8 Å². The number of alkyl halides is 3. The van der Waals surface area contributed by atoms with Gasteiger partial charge in [-0.05, 0) is 37.7 Å². The maximum Gasteiger partial charge on any atom is 0.490 e. The molecule has 1 saturated heterocycles. The van der Waals surface area contributed by atoms with Crippen LogP contribution in [0.3, 0.4) is 0 Å². The maximum atomic E-state index is 12.6. The number of aliphatic carboxylic acids is 1. The van der Waals surface area contributed by atoms with E-state index in [1.54, 1.807) is 0 Å². The van der Waals surface area contributed by atoms with Crippen LogP contribution in [0.15, 0.2) is 30.3 Å². The molecule has 1 aliphatic carbocycles. The van der Waals surface area contributed by atoms with Gasteiger partial charge >= 0.3 is 12.1 Å². The smallest absolute Gasteiger partial charge is 0.475 e. The summed E-state index contributed by atoms with van der Waals surface area (Å²) in [6, 6.07) is 9.85. The summed E-state index contributed by atoms with van der Waals surface area (Å²) in [6.45, 7) is 6.52. The first-order valence-corrected chi connectivity index (χ1v) is 11.2. The summed E-state index contributed by atoms with van der Waals surface area (Å²) in [4.78, 5) is 35.5. The quantitative estimate of drug-likeness (QED) is 0.472. The zero-order chi connectivity index (χ0) is 25.7. The third-order valence-electron chi connectivity index (χ3n) is 6.37. The van der Waals surface area contributed by atoms with Crippen molar-refractivity contribution in [2.75, 3.05) is 6.54 Å². The monoisotopic (exact) mass is 484 g/mol. The number of carbonyl (C=O) groups is 3. The minimum absolute atomic E-state index is 0.00818. The van der Waals surface area contributed by atoms with Crippen molar-refractivity contribution in [3.63, 3.8) is 0 Å². The van der Waals surface area contributed by atoms with Crippen molar-refractivity contribution in [1.82, 2.24) is 15.5 Å². The summed E-state index contributed by atoms with van der Waals surface area (Å²) in [5.41, 5.74) is 0.784. The van der Waals surface area contributed by atoms with Crippen LogP contribution in [0.25, 0.3) is 0 Å². The molecular formula is C23H31F3N4O4. The van der Waals surface area contributed by atoms with Gasteiger partial charge in [0.05, 0.1) is 12.5 Å². The van der Waals surface area contributed by atoms with Crippen molar-refractivity contribution in [2.24, 2.45) is 11.8 Å². The minimum Gasteiger partial charge on any atom is -0.475 e. The number of carboxylic acids is 1. The van der Waals surface area contributed by atoms with Gasteiger partial charge in [-0.25, -0.2) is 4.79 Å². The normalized spacial score (nSPS) is 22.1. The third-order valence-corrected chi connectivity index (χ3v) is 6.37. The number of benzene rings is 1. The second-order valence-corrected chi connectivity index (χ2v) is 8.69. The van der Waals surface area contributed by atoms with Crippen molar-refractivity contribution in [3.8, 4) is 0 Å². The van der Waals surface area contributed by atoms with E-state index in [0.29, 0.717) is 13.0 Å². The standard InChI is InChI=1S/C21H30N4O2.C2HF3O2/c1-4-21(5-2)12-18(26)25(20(22)24-21)13-16-11-17(16)19(27)23-14(3)15-9-7-6-8-10-15;3-2(4,5)1(6)7/h6-10,14,16-17H,4-5,11-13H2,1-3H3,(H2,22,24)(H,23,27);(H,6,7)/t14-,16?,17?;/m1./s1. The first-order chi connectivity index (χ1) is 15.8. The molecule has 1 aliphatic heterocycles. The number of nitrogens with zero attached hydrogens (tertiary/aromatic N) is 1. The van der Waals surface area contributed by atoms with E-state index in [1.165, 1.54) is 4.90 Å². The molecule has 0 radical (unpaired) electrons. The second kappa shape index (κ2) is 10.9. The van der Waals surface area contributed by atoms with Crippen molar-refractivity contribution in [3.05, 3.63) is 35.9 Å². The summed E-state index contributed by atoms with van der Waals surface area (Å²) in [6.07, 6.45) is -2.26. The fourth-order valence-corrected chi connectivity index (χ4v) is 3.89. The number of amides is 2. The maximum absolute atomic E-state index is 12.6. The summed E-state index contributed by atoms with van der Waals surface area (Å²) >= 11 is 0. The number of hydrogen-bond acceptors (Lipinski definition) is 4. The Morgan fingerprint density at radius 3 is 2.29 bits per heavy atom. The van der Waals surface area contributed by atoms with Crippen LogP contribution in [0, 0.1) is 17.2 Å². The molecule has 2 aliphatic rings. The van der Waals surface area contributed by atoms with E-state index in [-0.39, 0.29) is 41.2 Å². The van der Waals surface area contributed by atoms with Gasteiger partial charge in [0.1, 0.15) is 0 Å². The fourth-order valence-electron chi connectivity index (χ4n) is 3.89. The number of hydrogen-bond donors (Lipinski definition) is 4. The van der Waals surface area contributed by atoms with Gasteiger partial charge in [-0.2, -0.15) is 13.2 Å². The number of nitrogens with one attached hydrogen (secondary N) is 3. The van der Waals surface area contributed by atoms with Crippen molar-refractivity contribution >= 4 is 23.7 Å². The molecule has 1 aromatic rings. The fraction of sp³-hybridized carbons (Fsp3) is 0.565. The SMILES string of the molecule is CCC1(CC)CC(=O)N(CC2CC2C(=O)N[C@H](C)c2ccccc2)C(=N)N1.O=C(O)C(F)(F)F. The second-order valence-electron chi connectivity index (χ2n) is 8.69. The van der Waals surface area contributed by atoms with Crippen LogP contribution < -0.4 is 10.6 Å². The zero-order valence-corrected chi connectivity index (χ0v) is 19.4. The first kappa shape index (κ1) is 27.1. The molecule has 3 rings (SSSR count). The number of guanidine groups is 1. The average Bonchev–Trinajstić information content (AvgIpc) is 3.56. The molecule has 2 fully saturated rings. The summed E-state index contributed by atoms with van der Waals surface area (Å²) in [5, 5.41) is 21.7. The lowest BCUT2D eigenvalue weighted by Crippen LogP contribution is -2.62. The van der Waals surface area contributed by atoms with E-state index in [1.807, 2.05) is 51.1 Å². The number of halogens is 3. The Balaban J connectivity index is 0.000000509. The van der Waals surface area contributed by atoms with Gasteiger partial charge in [0, 0.05) is 18.0 Å². The molecule has 1 saturated carbocycles. The van der Waals surface area contributed by atoms with Crippen molar-refractivity contribution in [2.45, 2.75) is 64.2 Å². The molecule has 2 unspecified atom stereocenters. The molecule has 34 heavy (non-hydrogen) atoms. The van der Waals surface area contributed by atoms with Gasteiger partial charge in [0.25, 0.3) is 0 Å². The van der Waals surface area contributed by atoms with Crippen molar-refractivity contribution in [1.29, 1.82) is 5.41 Å². The van der Waals surface area contributed by atoms with Gasteiger partial charge < -0.3 is 15.7 Å². The largest absolute Gasteiger partial charge is 0.490 e. The molecular weight excluding hydrogens is 453 g/mol. The van der Waals surface area contributed by atoms with E-state index in [4.69, 9.17) is 15.3 Å². The van der Waals surface area contributed by atoms with E-state index in [0.717, 1.165) is 24.8 Å². The molecule has 0 bridgehead atoms. The highest BCUT2D eigenvalue weighted by molar-refractivity contribution is 5.99. The summed E-state index contributed by atoms with van der Waals surface area (Å²) in [5.74, 6) is -2.48. The van der Waals surface area contributed by atoms with Crippen molar-refractivity contribution < 1.29 is 32.7 Å². The van der Waals surface area contributed by atoms with Crippen LogP contribution in [-0.4, -0.2) is 52.0 Å². The average molecular weight is 485 g/mol. The Hall–Kier alpha value is -3.11. The lowest BCUT2D eigenvalue weighted by Gasteiger charge is -2.42. The van der Waals surface area contributed by atoms with Gasteiger partial charge in [0.15, 0.2) is 5.96 Å². The highest BCUT2D eigenvalue weighted by Crippen LogP contribution is 2.40. The lowest BCUT2D eigenvalue weighted by molar-refractivity contribution is -0.192. The molecule has 11 heteroatoms. The van der Waals surface area contributed by atoms with Gasteiger partial charge in [-0.3, -0.25) is 19.9 Å².